The summed E-state index contributed by atoms with van der Waals surface area (Å²) < 4.78 is 5.91. The largest absolute Gasteiger partial charge is 0.508 e. The van der Waals surface area contributed by atoms with Crippen LogP contribution < -0.4 is 0 Å². The smallest absolute Gasteiger partial charge is 0.122 e. The third-order valence-electron chi connectivity index (χ3n) is 6.49. The summed E-state index contributed by atoms with van der Waals surface area (Å²) in [6.45, 7) is 7.03. The zero-order valence-corrected chi connectivity index (χ0v) is 13.8. The Kier molecular flexibility index (Phi) is 2.96. The number of ether oxygens (including phenoxy) is 1. The minimum absolute atomic E-state index is 0.136. The van der Waals surface area contributed by atoms with Crippen molar-refractivity contribution in [2.75, 3.05) is 6.61 Å². The van der Waals surface area contributed by atoms with E-state index < -0.39 is 6.10 Å². The molecule has 1 heterocycles. The molecule has 0 aromatic heterocycles. The summed E-state index contributed by atoms with van der Waals surface area (Å²) in [5, 5.41) is 21.0. The summed E-state index contributed by atoms with van der Waals surface area (Å²) in [4.78, 5) is 0. The highest BCUT2D eigenvalue weighted by molar-refractivity contribution is 5.55. The van der Waals surface area contributed by atoms with Gasteiger partial charge in [0.1, 0.15) is 5.75 Å². The molecule has 2 N–H and O–H groups in total. The van der Waals surface area contributed by atoms with Gasteiger partial charge in [0.2, 0.25) is 0 Å². The Hall–Kier alpha value is -1.06. The molecule has 0 unspecified atom stereocenters. The molecular formula is C19H26O3. The van der Waals surface area contributed by atoms with Gasteiger partial charge in [-0.3, -0.25) is 0 Å². The second-order valence-electron chi connectivity index (χ2n) is 8.29. The van der Waals surface area contributed by atoms with Crippen LogP contribution in [0.1, 0.15) is 68.4 Å². The molecule has 120 valence electrons. The zero-order chi connectivity index (χ0) is 15.7. The number of hydrogen-bond donors (Lipinski definition) is 2. The van der Waals surface area contributed by atoms with E-state index in [1.165, 1.54) is 29.5 Å². The Bertz CT molecular complexity index is 634. The van der Waals surface area contributed by atoms with Gasteiger partial charge in [-0.2, -0.15) is 0 Å². The predicted molar refractivity (Wildman–Crippen MR) is 85.2 cm³/mol. The molecule has 1 fully saturated rings. The van der Waals surface area contributed by atoms with Crippen molar-refractivity contribution in [3.05, 3.63) is 28.3 Å². The van der Waals surface area contributed by atoms with Gasteiger partial charge in [0.25, 0.3) is 0 Å². The van der Waals surface area contributed by atoms with E-state index in [0.717, 1.165) is 24.8 Å². The van der Waals surface area contributed by atoms with Crippen LogP contribution in [-0.4, -0.2) is 22.9 Å². The van der Waals surface area contributed by atoms with Gasteiger partial charge < -0.3 is 14.9 Å². The first-order valence-electron chi connectivity index (χ1n) is 8.52. The number of rotatable bonds is 0. The number of phenols is 1. The number of aromatic hydroxyl groups is 1. The third-order valence-corrected chi connectivity index (χ3v) is 6.49. The molecule has 2 aliphatic carbocycles. The minimum Gasteiger partial charge on any atom is -0.508 e. The Labute approximate surface area is 132 Å². The fourth-order valence-corrected chi connectivity index (χ4v) is 4.94. The molecule has 3 nitrogen and oxygen atoms in total. The molecule has 1 aromatic carbocycles. The van der Waals surface area contributed by atoms with E-state index in [4.69, 9.17) is 4.74 Å². The van der Waals surface area contributed by atoms with Crippen LogP contribution in [0, 0.1) is 5.41 Å². The van der Waals surface area contributed by atoms with Crippen molar-refractivity contribution in [2.24, 2.45) is 5.41 Å². The van der Waals surface area contributed by atoms with Gasteiger partial charge in [-0.05, 0) is 60.3 Å². The van der Waals surface area contributed by atoms with Crippen LogP contribution in [0.4, 0.5) is 0 Å². The van der Waals surface area contributed by atoms with Crippen LogP contribution in [0.3, 0.4) is 0 Å². The fraction of sp³-hybridized carbons (Fsp3) is 0.684. The van der Waals surface area contributed by atoms with E-state index >= 15 is 0 Å². The standard InChI is InChI=1S/C19H26O3/c1-18(2)7-4-5-11-12-6-8-19(3)15(21)10-22-17(19)16(12)14(20)9-13(11)18/h9,15,17,20-21H,4-8,10H2,1-3H3/t15-,17-,19-/m0/s1. The first-order valence-corrected chi connectivity index (χ1v) is 8.52. The summed E-state index contributed by atoms with van der Waals surface area (Å²) in [7, 11) is 0. The lowest BCUT2D eigenvalue weighted by Gasteiger charge is -2.42. The molecule has 3 heteroatoms. The van der Waals surface area contributed by atoms with Gasteiger partial charge in [0.05, 0.1) is 18.8 Å². The van der Waals surface area contributed by atoms with Gasteiger partial charge in [-0.15, -0.1) is 0 Å². The second-order valence-corrected chi connectivity index (χ2v) is 8.29. The first kappa shape index (κ1) is 14.5. The summed E-state index contributed by atoms with van der Waals surface area (Å²) in [5.41, 5.74) is 4.90. The number of hydrogen-bond acceptors (Lipinski definition) is 3. The molecule has 0 radical (unpaired) electrons. The van der Waals surface area contributed by atoms with Gasteiger partial charge >= 0.3 is 0 Å². The van der Waals surface area contributed by atoms with E-state index in [1.54, 1.807) is 0 Å². The highest BCUT2D eigenvalue weighted by Gasteiger charge is 2.52. The maximum absolute atomic E-state index is 10.7. The number of benzene rings is 1. The molecule has 1 aromatic rings. The molecule has 4 rings (SSSR count). The maximum Gasteiger partial charge on any atom is 0.122 e. The van der Waals surface area contributed by atoms with Crippen molar-refractivity contribution in [2.45, 2.75) is 70.5 Å². The third kappa shape index (κ3) is 1.75. The Morgan fingerprint density at radius 1 is 1.14 bits per heavy atom. The molecule has 0 bridgehead atoms. The average molecular weight is 302 g/mol. The summed E-state index contributed by atoms with van der Waals surface area (Å²) in [5.74, 6) is 0.369. The van der Waals surface area contributed by atoms with Gasteiger partial charge in [0.15, 0.2) is 0 Å². The van der Waals surface area contributed by atoms with E-state index in [1.807, 2.05) is 6.07 Å². The molecule has 3 aliphatic rings. The molecule has 1 aliphatic heterocycles. The number of fused-ring (bicyclic) bond motifs is 5. The molecule has 0 spiro atoms. The van der Waals surface area contributed by atoms with Gasteiger partial charge in [-0.25, -0.2) is 0 Å². The van der Waals surface area contributed by atoms with Crippen molar-refractivity contribution < 1.29 is 14.9 Å². The quantitative estimate of drug-likeness (QED) is 0.772. The predicted octanol–water partition coefficient (Wildman–Crippen LogP) is 3.39. The fourth-order valence-electron chi connectivity index (χ4n) is 4.94. The number of aliphatic hydroxyl groups excluding tert-OH is 1. The monoisotopic (exact) mass is 302 g/mol. The molecule has 0 amide bonds. The molecule has 1 saturated heterocycles. The second kappa shape index (κ2) is 4.48. The Morgan fingerprint density at radius 2 is 1.91 bits per heavy atom. The molecule has 0 saturated carbocycles. The first-order chi connectivity index (χ1) is 10.3. The van der Waals surface area contributed by atoms with Crippen molar-refractivity contribution in [3.8, 4) is 5.75 Å². The van der Waals surface area contributed by atoms with Crippen LogP contribution in [0.2, 0.25) is 0 Å². The topological polar surface area (TPSA) is 49.7 Å². The van der Waals surface area contributed by atoms with Crippen LogP contribution in [0.5, 0.6) is 5.75 Å². The lowest BCUT2D eigenvalue weighted by molar-refractivity contribution is 0.0243. The summed E-state index contributed by atoms with van der Waals surface area (Å²) in [6.07, 6.45) is 4.77. The van der Waals surface area contributed by atoms with Crippen molar-refractivity contribution in [1.29, 1.82) is 0 Å². The maximum atomic E-state index is 10.7. The average Bonchev–Trinajstić information content (AvgIpc) is 2.76. The minimum atomic E-state index is -0.433. The van der Waals surface area contributed by atoms with E-state index in [2.05, 4.69) is 20.8 Å². The van der Waals surface area contributed by atoms with Crippen molar-refractivity contribution >= 4 is 0 Å². The Morgan fingerprint density at radius 3 is 2.68 bits per heavy atom. The van der Waals surface area contributed by atoms with Crippen LogP contribution in [0.25, 0.3) is 0 Å². The number of phenolic OH excluding ortho intramolecular Hbond substituents is 1. The molecular weight excluding hydrogens is 276 g/mol. The van der Waals surface area contributed by atoms with Gasteiger partial charge in [-0.1, -0.05) is 20.8 Å². The van der Waals surface area contributed by atoms with E-state index in [0.29, 0.717) is 12.4 Å². The highest BCUT2D eigenvalue weighted by Crippen LogP contribution is 2.56. The van der Waals surface area contributed by atoms with Crippen LogP contribution >= 0.6 is 0 Å². The zero-order valence-electron chi connectivity index (χ0n) is 13.8. The van der Waals surface area contributed by atoms with E-state index in [9.17, 15) is 10.2 Å². The summed E-state index contributed by atoms with van der Waals surface area (Å²) in [6, 6.07) is 1.98. The van der Waals surface area contributed by atoms with E-state index in [-0.39, 0.29) is 16.9 Å². The molecule has 22 heavy (non-hydrogen) atoms. The Balaban J connectivity index is 1.92. The lowest BCUT2D eigenvalue weighted by Crippen LogP contribution is -2.37. The van der Waals surface area contributed by atoms with Gasteiger partial charge in [0, 0.05) is 11.0 Å². The summed E-state index contributed by atoms with van der Waals surface area (Å²) >= 11 is 0. The normalized spacial score (nSPS) is 35.6. The lowest BCUT2D eigenvalue weighted by atomic mass is 9.64. The van der Waals surface area contributed by atoms with Crippen molar-refractivity contribution in [1.82, 2.24) is 0 Å². The highest BCUT2D eigenvalue weighted by atomic mass is 16.5. The van der Waals surface area contributed by atoms with Crippen LogP contribution in [0.15, 0.2) is 6.07 Å². The molecule has 3 atom stereocenters. The van der Waals surface area contributed by atoms with Crippen LogP contribution in [-0.2, 0) is 23.0 Å². The SMILES string of the molecule is CC1(C)CCCc2c1cc(O)c1c2CC[C@@]2(C)[C@@H](O)CO[C@@H]12. The number of aliphatic hydroxyl groups is 1. The van der Waals surface area contributed by atoms with Crippen molar-refractivity contribution in [3.63, 3.8) is 0 Å².